The minimum absolute atomic E-state index is 0.152. The summed E-state index contributed by atoms with van der Waals surface area (Å²) in [5.41, 5.74) is 1.60. The maximum absolute atomic E-state index is 12.9. The first-order valence-electron chi connectivity index (χ1n) is 6.81. The fourth-order valence-electron chi connectivity index (χ4n) is 2.27. The molecule has 2 aromatic rings. The molecular weight excluding hydrogens is 259 g/mol. The van der Waals surface area contributed by atoms with Crippen LogP contribution in [0.5, 0.6) is 0 Å². The van der Waals surface area contributed by atoms with Crippen molar-refractivity contribution in [3.8, 4) is 11.5 Å². The van der Waals surface area contributed by atoms with Gasteiger partial charge in [-0.25, -0.2) is 9.37 Å². The van der Waals surface area contributed by atoms with Crippen molar-refractivity contribution in [3.63, 3.8) is 0 Å². The van der Waals surface area contributed by atoms with Crippen molar-refractivity contribution in [2.24, 2.45) is 0 Å². The summed E-state index contributed by atoms with van der Waals surface area (Å²) in [5.74, 6) is 0.225. The van der Waals surface area contributed by atoms with Gasteiger partial charge in [-0.3, -0.25) is 4.90 Å². The van der Waals surface area contributed by atoms with Crippen LogP contribution in [0.3, 0.4) is 0 Å². The molecule has 0 radical (unpaired) electrons. The number of hydrogen-bond donors (Lipinski definition) is 1. The smallest absolute Gasteiger partial charge is 0.226 e. The van der Waals surface area contributed by atoms with Gasteiger partial charge >= 0.3 is 0 Å². The highest BCUT2D eigenvalue weighted by Gasteiger charge is 2.29. The average Bonchev–Trinajstić information content (AvgIpc) is 3.20. The summed E-state index contributed by atoms with van der Waals surface area (Å²) in [6, 6.07) is 6.64. The van der Waals surface area contributed by atoms with E-state index in [1.807, 2.05) is 0 Å². The molecule has 1 aromatic carbocycles. The van der Waals surface area contributed by atoms with Gasteiger partial charge in [0.25, 0.3) is 0 Å². The van der Waals surface area contributed by atoms with Gasteiger partial charge in [-0.15, -0.1) is 0 Å². The second kappa shape index (κ2) is 5.73. The molecule has 1 N–H and O–H groups in total. The Morgan fingerprint density at radius 2 is 2.05 bits per heavy atom. The Hall–Kier alpha value is -1.72. The molecule has 1 fully saturated rings. The molecule has 3 rings (SSSR count). The highest BCUT2D eigenvalue weighted by Crippen LogP contribution is 2.28. The van der Waals surface area contributed by atoms with Crippen molar-refractivity contribution in [1.82, 2.24) is 9.88 Å². The first-order chi connectivity index (χ1) is 9.76. The van der Waals surface area contributed by atoms with Gasteiger partial charge in [-0.05, 0) is 37.1 Å². The van der Waals surface area contributed by atoms with Gasteiger partial charge in [0.05, 0.1) is 12.3 Å². The van der Waals surface area contributed by atoms with E-state index in [4.69, 9.17) is 9.52 Å². The zero-order valence-electron chi connectivity index (χ0n) is 11.1. The van der Waals surface area contributed by atoms with Crippen LogP contribution in [0.1, 0.15) is 18.5 Å². The maximum atomic E-state index is 12.9. The Balaban J connectivity index is 1.71. The fourth-order valence-corrected chi connectivity index (χ4v) is 2.27. The number of oxazole rings is 1. The summed E-state index contributed by atoms with van der Waals surface area (Å²) in [6.45, 7) is 1.48. The van der Waals surface area contributed by atoms with Gasteiger partial charge < -0.3 is 9.52 Å². The Kier molecular flexibility index (Phi) is 3.80. The van der Waals surface area contributed by atoms with Crippen molar-refractivity contribution in [2.45, 2.75) is 25.4 Å². The van der Waals surface area contributed by atoms with Gasteiger partial charge in [0, 0.05) is 24.7 Å². The van der Waals surface area contributed by atoms with E-state index >= 15 is 0 Å². The molecule has 0 unspecified atom stereocenters. The number of aliphatic hydroxyl groups is 1. The first kappa shape index (κ1) is 13.3. The minimum atomic E-state index is -0.275. The summed E-state index contributed by atoms with van der Waals surface area (Å²) < 4.78 is 18.3. The molecule has 1 aromatic heterocycles. The molecule has 1 heterocycles. The lowest BCUT2D eigenvalue weighted by Gasteiger charge is -2.18. The number of nitrogens with zero attached hydrogens (tertiary/aromatic N) is 2. The molecule has 0 saturated heterocycles. The molecule has 0 amide bonds. The number of rotatable bonds is 6. The van der Waals surface area contributed by atoms with Gasteiger partial charge in [-0.2, -0.15) is 0 Å². The van der Waals surface area contributed by atoms with Gasteiger partial charge in [0.2, 0.25) is 5.89 Å². The quantitative estimate of drug-likeness (QED) is 0.880. The van der Waals surface area contributed by atoms with Crippen molar-refractivity contribution in [3.05, 3.63) is 42.0 Å². The fraction of sp³-hybridized carbons (Fsp3) is 0.400. The van der Waals surface area contributed by atoms with Crippen molar-refractivity contribution < 1.29 is 13.9 Å². The van der Waals surface area contributed by atoms with E-state index in [2.05, 4.69) is 9.88 Å². The molecule has 5 heteroatoms. The molecule has 4 nitrogen and oxygen atoms in total. The Labute approximate surface area is 116 Å². The predicted octanol–water partition coefficient (Wildman–Crippen LogP) is 2.44. The summed E-state index contributed by atoms with van der Waals surface area (Å²) in [5, 5.41) is 9.08. The number of aromatic nitrogens is 1. The van der Waals surface area contributed by atoms with E-state index in [0.29, 0.717) is 25.0 Å². The highest BCUT2D eigenvalue weighted by molar-refractivity contribution is 5.52. The third-order valence-corrected chi connectivity index (χ3v) is 3.46. The largest absolute Gasteiger partial charge is 0.444 e. The summed E-state index contributed by atoms with van der Waals surface area (Å²) in [6.07, 6.45) is 4.00. The van der Waals surface area contributed by atoms with Crippen LogP contribution in [0.4, 0.5) is 4.39 Å². The molecule has 106 valence electrons. The maximum Gasteiger partial charge on any atom is 0.226 e. The summed E-state index contributed by atoms with van der Waals surface area (Å²) >= 11 is 0. The average molecular weight is 276 g/mol. The molecule has 0 aliphatic heterocycles. The third-order valence-electron chi connectivity index (χ3n) is 3.46. The molecule has 0 spiro atoms. The Morgan fingerprint density at radius 1 is 1.30 bits per heavy atom. The molecule has 1 aliphatic carbocycles. The van der Waals surface area contributed by atoms with Crippen LogP contribution in [0.15, 0.2) is 34.9 Å². The zero-order valence-corrected chi connectivity index (χ0v) is 11.1. The zero-order chi connectivity index (χ0) is 13.9. The minimum Gasteiger partial charge on any atom is -0.444 e. The van der Waals surface area contributed by atoms with Crippen molar-refractivity contribution in [1.29, 1.82) is 0 Å². The van der Waals surface area contributed by atoms with Crippen LogP contribution in [-0.4, -0.2) is 34.2 Å². The third kappa shape index (κ3) is 3.05. The molecule has 20 heavy (non-hydrogen) atoms. The molecule has 0 bridgehead atoms. The van der Waals surface area contributed by atoms with Crippen LogP contribution in [0, 0.1) is 5.82 Å². The van der Waals surface area contributed by atoms with E-state index in [9.17, 15) is 4.39 Å². The lowest BCUT2D eigenvalue weighted by atomic mass is 10.2. The van der Waals surface area contributed by atoms with E-state index in [0.717, 1.165) is 11.3 Å². The standard InChI is InChI=1S/C15H17FN2O2/c16-12-3-1-11(2-4-12)15-17-13(10-20-15)9-18(7-8-19)14-5-6-14/h1-4,10,14,19H,5-9H2. The van der Waals surface area contributed by atoms with Crippen molar-refractivity contribution >= 4 is 0 Å². The van der Waals surface area contributed by atoms with E-state index in [-0.39, 0.29) is 12.4 Å². The summed E-state index contributed by atoms with van der Waals surface area (Å²) in [4.78, 5) is 6.64. The second-order valence-corrected chi connectivity index (χ2v) is 5.08. The number of hydrogen-bond acceptors (Lipinski definition) is 4. The molecule has 0 atom stereocenters. The SMILES string of the molecule is OCCN(Cc1coc(-c2ccc(F)cc2)n1)C1CC1. The van der Waals surface area contributed by atoms with Crippen LogP contribution >= 0.6 is 0 Å². The van der Waals surface area contributed by atoms with Crippen LogP contribution in [0.2, 0.25) is 0 Å². The monoisotopic (exact) mass is 276 g/mol. The number of halogens is 1. The Morgan fingerprint density at radius 3 is 2.70 bits per heavy atom. The molecular formula is C15H17FN2O2. The van der Waals surface area contributed by atoms with Crippen LogP contribution in [0.25, 0.3) is 11.5 Å². The van der Waals surface area contributed by atoms with Gasteiger partial charge in [0.1, 0.15) is 12.1 Å². The molecule has 1 aliphatic rings. The van der Waals surface area contributed by atoms with Gasteiger partial charge in [0.15, 0.2) is 0 Å². The first-order valence-corrected chi connectivity index (χ1v) is 6.81. The van der Waals surface area contributed by atoms with Crippen LogP contribution < -0.4 is 0 Å². The van der Waals surface area contributed by atoms with E-state index in [1.54, 1.807) is 18.4 Å². The number of benzene rings is 1. The molecule has 1 saturated carbocycles. The van der Waals surface area contributed by atoms with Gasteiger partial charge in [-0.1, -0.05) is 0 Å². The van der Waals surface area contributed by atoms with E-state index < -0.39 is 0 Å². The topological polar surface area (TPSA) is 49.5 Å². The predicted molar refractivity (Wildman–Crippen MR) is 72.4 cm³/mol. The second-order valence-electron chi connectivity index (χ2n) is 5.08. The normalized spacial score (nSPS) is 14.9. The summed E-state index contributed by atoms with van der Waals surface area (Å²) in [7, 11) is 0. The Bertz CT molecular complexity index is 564. The number of aliphatic hydroxyl groups excluding tert-OH is 1. The van der Waals surface area contributed by atoms with Crippen LogP contribution in [-0.2, 0) is 6.54 Å². The highest BCUT2D eigenvalue weighted by atomic mass is 19.1. The van der Waals surface area contributed by atoms with E-state index in [1.165, 1.54) is 25.0 Å². The van der Waals surface area contributed by atoms with Crippen molar-refractivity contribution in [2.75, 3.05) is 13.2 Å². The lowest BCUT2D eigenvalue weighted by molar-refractivity contribution is 0.182. The lowest BCUT2D eigenvalue weighted by Crippen LogP contribution is -2.28.